The predicted octanol–water partition coefficient (Wildman–Crippen LogP) is 1.64. The maximum Gasteiger partial charge on any atom is 0.251 e. The van der Waals surface area contributed by atoms with E-state index in [-0.39, 0.29) is 5.91 Å². The molecule has 1 aromatic carbocycles. The first-order chi connectivity index (χ1) is 8.75. The molecular formula is C14H15N3O. The Balaban J connectivity index is 1.86. The van der Waals surface area contributed by atoms with Gasteiger partial charge in [-0.1, -0.05) is 6.07 Å². The van der Waals surface area contributed by atoms with Crippen molar-refractivity contribution in [2.45, 2.75) is 6.42 Å². The van der Waals surface area contributed by atoms with Crippen molar-refractivity contribution in [3.8, 4) is 0 Å². The summed E-state index contributed by atoms with van der Waals surface area (Å²) in [6.07, 6.45) is 4.28. The zero-order valence-electron chi connectivity index (χ0n) is 9.97. The number of hydrogen-bond acceptors (Lipinski definition) is 3. The van der Waals surface area contributed by atoms with Gasteiger partial charge < -0.3 is 11.1 Å². The van der Waals surface area contributed by atoms with Gasteiger partial charge in [0.25, 0.3) is 5.91 Å². The van der Waals surface area contributed by atoms with E-state index < -0.39 is 0 Å². The molecule has 2 aromatic rings. The van der Waals surface area contributed by atoms with Gasteiger partial charge in [-0.15, -0.1) is 0 Å². The number of nitrogen functional groups attached to an aromatic ring is 1. The van der Waals surface area contributed by atoms with Gasteiger partial charge in [0.15, 0.2) is 0 Å². The Kier molecular flexibility index (Phi) is 3.91. The summed E-state index contributed by atoms with van der Waals surface area (Å²) >= 11 is 0. The lowest BCUT2D eigenvalue weighted by Crippen LogP contribution is -2.25. The van der Waals surface area contributed by atoms with E-state index >= 15 is 0 Å². The van der Waals surface area contributed by atoms with E-state index in [1.54, 1.807) is 36.7 Å². The van der Waals surface area contributed by atoms with Gasteiger partial charge >= 0.3 is 0 Å². The van der Waals surface area contributed by atoms with Crippen LogP contribution in [0.1, 0.15) is 15.9 Å². The molecule has 92 valence electrons. The van der Waals surface area contributed by atoms with Crippen LogP contribution in [0.5, 0.6) is 0 Å². The van der Waals surface area contributed by atoms with Crippen molar-refractivity contribution < 1.29 is 4.79 Å². The predicted molar refractivity (Wildman–Crippen MR) is 71.1 cm³/mol. The lowest BCUT2D eigenvalue weighted by Gasteiger charge is -2.05. The first-order valence-electron chi connectivity index (χ1n) is 5.78. The fourth-order valence-electron chi connectivity index (χ4n) is 1.65. The number of nitrogens with two attached hydrogens (primary N) is 1. The molecule has 0 radical (unpaired) electrons. The van der Waals surface area contributed by atoms with E-state index in [0.29, 0.717) is 17.8 Å². The Morgan fingerprint density at radius 1 is 1.22 bits per heavy atom. The largest absolute Gasteiger partial charge is 0.399 e. The van der Waals surface area contributed by atoms with Crippen LogP contribution >= 0.6 is 0 Å². The van der Waals surface area contributed by atoms with Crippen LogP contribution in [0, 0.1) is 0 Å². The van der Waals surface area contributed by atoms with Gasteiger partial charge in [0, 0.05) is 30.2 Å². The molecule has 0 aliphatic heterocycles. The van der Waals surface area contributed by atoms with E-state index in [4.69, 9.17) is 5.73 Å². The van der Waals surface area contributed by atoms with E-state index in [0.717, 1.165) is 12.0 Å². The average Bonchev–Trinajstić information content (AvgIpc) is 2.40. The molecule has 1 amide bonds. The summed E-state index contributed by atoms with van der Waals surface area (Å²) in [6, 6.07) is 10.8. The molecule has 0 atom stereocenters. The maximum atomic E-state index is 11.8. The van der Waals surface area contributed by atoms with E-state index in [9.17, 15) is 4.79 Å². The summed E-state index contributed by atoms with van der Waals surface area (Å²) in [4.78, 5) is 15.8. The van der Waals surface area contributed by atoms with Crippen molar-refractivity contribution in [3.05, 3.63) is 59.9 Å². The van der Waals surface area contributed by atoms with Gasteiger partial charge in [-0.3, -0.25) is 9.78 Å². The number of hydrogen-bond donors (Lipinski definition) is 2. The number of nitrogens with zero attached hydrogens (tertiary/aromatic N) is 1. The Hall–Kier alpha value is -2.36. The maximum absolute atomic E-state index is 11.8. The standard InChI is InChI=1S/C14H15N3O/c15-13-3-1-2-12(10-13)14(18)17-9-6-11-4-7-16-8-5-11/h1-5,7-8,10H,6,9,15H2,(H,17,18). The molecule has 1 heterocycles. The molecule has 0 spiro atoms. The van der Waals surface area contributed by atoms with Crippen LogP contribution in [0.15, 0.2) is 48.8 Å². The highest BCUT2D eigenvalue weighted by atomic mass is 16.1. The van der Waals surface area contributed by atoms with E-state index in [1.165, 1.54) is 0 Å². The minimum absolute atomic E-state index is 0.101. The number of carbonyl (C=O) groups excluding carboxylic acids is 1. The number of benzene rings is 1. The third-order valence-electron chi connectivity index (χ3n) is 2.60. The number of aromatic nitrogens is 1. The fourth-order valence-corrected chi connectivity index (χ4v) is 1.65. The Bertz CT molecular complexity index is 526. The molecular weight excluding hydrogens is 226 g/mol. The number of rotatable bonds is 4. The fraction of sp³-hybridized carbons (Fsp3) is 0.143. The first-order valence-corrected chi connectivity index (χ1v) is 5.78. The quantitative estimate of drug-likeness (QED) is 0.799. The summed E-state index contributed by atoms with van der Waals surface area (Å²) in [5.74, 6) is -0.101. The van der Waals surface area contributed by atoms with Gasteiger partial charge in [0.05, 0.1) is 0 Å². The van der Waals surface area contributed by atoms with Crippen LogP contribution in [0.25, 0.3) is 0 Å². The molecule has 0 bridgehead atoms. The highest BCUT2D eigenvalue weighted by molar-refractivity contribution is 5.94. The van der Waals surface area contributed by atoms with Crippen LogP contribution in [0.4, 0.5) is 5.69 Å². The summed E-state index contributed by atoms with van der Waals surface area (Å²) in [6.45, 7) is 0.595. The van der Waals surface area contributed by atoms with Gasteiger partial charge in [-0.05, 0) is 42.3 Å². The molecule has 0 saturated heterocycles. The van der Waals surface area contributed by atoms with Gasteiger partial charge in [-0.25, -0.2) is 0 Å². The van der Waals surface area contributed by atoms with Crippen molar-refractivity contribution >= 4 is 11.6 Å². The number of pyridine rings is 1. The minimum Gasteiger partial charge on any atom is -0.399 e. The van der Waals surface area contributed by atoms with Gasteiger partial charge in [0.1, 0.15) is 0 Å². The molecule has 4 heteroatoms. The van der Waals surface area contributed by atoms with Crippen molar-refractivity contribution in [1.29, 1.82) is 0 Å². The molecule has 0 aliphatic rings. The third kappa shape index (κ3) is 3.31. The molecule has 1 aromatic heterocycles. The molecule has 18 heavy (non-hydrogen) atoms. The Morgan fingerprint density at radius 2 is 2.00 bits per heavy atom. The van der Waals surface area contributed by atoms with Crippen molar-refractivity contribution in [2.75, 3.05) is 12.3 Å². The lowest BCUT2D eigenvalue weighted by atomic mass is 10.1. The summed E-state index contributed by atoms with van der Waals surface area (Å²) in [5.41, 5.74) is 7.96. The number of nitrogens with one attached hydrogen (secondary N) is 1. The van der Waals surface area contributed by atoms with Crippen LogP contribution in [-0.2, 0) is 6.42 Å². The second-order valence-electron chi connectivity index (χ2n) is 3.99. The van der Waals surface area contributed by atoms with E-state index in [2.05, 4.69) is 10.3 Å². The summed E-state index contributed by atoms with van der Waals surface area (Å²) in [7, 11) is 0. The summed E-state index contributed by atoms with van der Waals surface area (Å²) in [5, 5.41) is 2.86. The Labute approximate surface area is 106 Å². The van der Waals surface area contributed by atoms with Crippen LogP contribution in [0.3, 0.4) is 0 Å². The number of carbonyl (C=O) groups is 1. The van der Waals surface area contributed by atoms with E-state index in [1.807, 2.05) is 12.1 Å². The molecule has 4 nitrogen and oxygen atoms in total. The highest BCUT2D eigenvalue weighted by Gasteiger charge is 2.04. The van der Waals surface area contributed by atoms with Crippen molar-refractivity contribution in [2.24, 2.45) is 0 Å². The van der Waals surface area contributed by atoms with Crippen molar-refractivity contribution in [3.63, 3.8) is 0 Å². The van der Waals surface area contributed by atoms with Gasteiger partial charge in [-0.2, -0.15) is 0 Å². The molecule has 2 rings (SSSR count). The highest BCUT2D eigenvalue weighted by Crippen LogP contribution is 2.06. The number of anilines is 1. The Morgan fingerprint density at radius 3 is 2.72 bits per heavy atom. The molecule has 0 saturated carbocycles. The second kappa shape index (κ2) is 5.82. The third-order valence-corrected chi connectivity index (χ3v) is 2.60. The summed E-state index contributed by atoms with van der Waals surface area (Å²) < 4.78 is 0. The van der Waals surface area contributed by atoms with Crippen LogP contribution < -0.4 is 11.1 Å². The van der Waals surface area contributed by atoms with Crippen LogP contribution in [0.2, 0.25) is 0 Å². The molecule has 3 N–H and O–H groups in total. The first kappa shape index (κ1) is 12.1. The normalized spacial score (nSPS) is 10.0. The SMILES string of the molecule is Nc1cccc(C(=O)NCCc2ccncc2)c1. The zero-order chi connectivity index (χ0) is 12.8. The molecule has 0 aliphatic carbocycles. The lowest BCUT2D eigenvalue weighted by molar-refractivity contribution is 0.0954. The van der Waals surface area contributed by atoms with Crippen molar-refractivity contribution in [1.82, 2.24) is 10.3 Å². The second-order valence-corrected chi connectivity index (χ2v) is 3.99. The average molecular weight is 241 g/mol. The van der Waals surface area contributed by atoms with Gasteiger partial charge in [0.2, 0.25) is 0 Å². The smallest absolute Gasteiger partial charge is 0.251 e. The zero-order valence-corrected chi connectivity index (χ0v) is 9.97. The topological polar surface area (TPSA) is 68.0 Å². The molecule has 0 unspecified atom stereocenters. The molecule has 0 fully saturated rings. The van der Waals surface area contributed by atoms with Crippen LogP contribution in [-0.4, -0.2) is 17.4 Å². The monoisotopic (exact) mass is 241 g/mol. The number of amides is 1. The minimum atomic E-state index is -0.101.